The number of aromatic nitrogens is 2. The van der Waals surface area contributed by atoms with Crippen LogP contribution in [0.2, 0.25) is 0 Å². The number of amides is 1. The molecule has 110 valence electrons. The summed E-state index contributed by atoms with van der Waals surface area (Å²) in [6.45, 7) is 8.04. The summed E-state index contributed by atoms with van der Waals surface area (Å²) in [6, 6.07) is -0.455. The maximum atomic E-state index is 12.2. The van der Waals surface area contributed by atoms with E-state index in [2.05, 4.69) is 9.55 Å². The highest BCUT2D eigenvalue weighted by Gasteiger charge is 2.32. The maximum Gasteiger partial charge on any atom is 0.240 e. The van der Waals surface area contributed by atoms with E-state index >= 15 is 0 Å². The lowest BCUT2D eigenvalue weighted by atomic mass is 9.86. The van der Waals surface area contributed by atoms with E-state index in [-0.39, 0.29) is 36.1 Å². The van der Waals surface area contributed by atoms with Gasteiger partial charge in [-0.3, -0.25) is 4.79 Å². The number of fused-ring (bicyclic) bond motifs is 1. The van der Waals surface area contributed by atoms with Gasteiger partial charge < -0.3 is 15.2 Å². The van der Waals surface area contributed by atoms with Gasteiger partial charge in [0.15, 0.2) is 0 Å². The molecular weight excluding hydrogens is 287 g/mol. The zero-order valence-electron chi connectivity index (χ0n) is 11.5. The first-order valence-corrected chi connectivity index (χ1v) is 5.94. The Balaban J connectivity index is 0.00000162. The number of rotatable bonds is 1. The first-order chi connectivity index (χ1) is 7.89. The highest BCUT2D eigenvalue weighted by atomic mass is 35.5. The molecular formula is C12H22Cl2N4O. The van der Waals surface area contributed by atoms with Crippen LogP contribution in [0.3, 0.4) is 0 Å². The molecule has 0 bridgehead atoms. The molecule has 2 rings (SSSR count). The van der Waals surface area contributed by atoms with Crippen molar-refractivity contribution in [1.82, 2.24) is 14.5 Å². The lowest BCUT2D eigenvalue weighted by molar-refractivity contribution is -0.136. The van der Waals surface area contributed by atoms with Crippen molar-refractivity contribution in [3.8, 4) is 0 Å². The molecule has 1 amide bonds. The molecule has 2 heterocycles. The van der Waals surface area contributed by atoms with Gasteiger partial charge in [-0.05, 0) is 5.41 Å². The summed E-state index contributed by atoms with van der Waals surface area (Å²) < 4.78 is 2.08. The standard InChI is InChI=1S/C12H20N4O.2ClH/c1-12(2,3)10(13)11(17)16-7-6-15-5-4-14-9(15)8-16;;/h4-5,10H,6-8,13H2,1-3H3;2*1H/t10-;;/m1../s1. The molecule has 0 radical (unpaired) electrons. The van der Waals surface area contributed by atoms with Crippen LogP contribution in [0.5, 0.6) is 0 Å². The van der Waals surface area contributed by atoms with Crippen molar-refractivity contribution in [1.29, 1.82) is 0 Å². The zero-order valence-corrected chi connectivity index (χ0v) is 13.1. The van der Waals surface area contributed by atoms with E-state index < -0.39 is 6.04 Å². The second-order valence-electron chi connectivity index (χ2n) is 5.64. The summed E-state index contributed by atoms with van der Waals surface area (Å²) in [5.41, 5.74) is 5.80. The van der Waals surface area contributed by atoms with Crippen molar-refractivity contribution >= 4 is 30.7 Å². The molecule has 7 heteroatoms. The van der Waals surface area contributed by atoms with Crippen LogP contribution in [0.4, 0.5) is 0 Å². The van der Waals surface area contributed by atoms with Crippen LogP contribution in [0.15, 0.2) is 12.4 Å². The number of carbonyl (C=O) groups excluding carboxylic acids is 1. The van der Waals surface area contributed by atoms with E-state index in [4.69, 9.17) is 5.73 Å². The highest BCUT2D eigenvalue weighted by Crippen LogP contribution is 2.21. The van der Waals surface area contributed by atoms with Crippen LogP contribution in [0.1, 0.15) is 26.6 Å². The van der Waals surface area contributed by atoms with Crippen LogP contribution in [-0.2, 0) is 17.9 Å². The molecule has 0 unspecified atom stereocenters. The molecule has 2 N–H and O–H groups in total. The van der Waals surface area contributed by atoms with Gasteiger partial charge in [-0.2, -0.15) is 0 Å². The van der Waals surface area contributed by atoms with Crippen molar-refractivity contribution in [2.45, 2.75) is 39.9 Å². The van der Waals surface area contributed by atoms with Crippen molar-refractivity contribution in [2.75, 3.05) is 6.54 Å². The SMILES string of the molecule is CC(C)(C)[C@H](N)C(=O)N1CCn2ccnc2C1.Cl.Cl. The van der Waals surface area contributed by atoms with Crippen LogP contribution in [-0.4, -0.2) is 32.9 Å². The smallest absolute Gasteiger partial charge is 0.240 e. The number of hydrogen-bond acceptors (Lipinski definition) is 3. The van der Waals surface area contributed by atoms with Crippen LogP contribution < -0.4 is 5.73 Å². The minimum absolute atomic E-state index is 0. The number of imidazole rings is 1. The summed E-state index contributed by atoms with van der Waals surface area (Å²) in [4.78, 5) is 18.3. The molecule has 0 aliphatic carbocycles. The lowest BCUT2D eigenvalue weighted by Gasteiger charge is -2.34. The molecule has 1 aromatic heterocycles. The molecule has 1 aromatic rings. The number of halogens is 2. The van der Waals surface area contributed by atoms with Gasteiger partial charge in [0.1, 0.15) is 5.82 Å². The predicted molar refractivity (Wildman–Crippen MR) is 79.6 cm³/mol. The molecule has 0 saturated heterocycles. The molecule has 0 fully saturated rings. The van der Waals surface area contributed by atoms with Crippen molar-refractivity contribution in [2.24, 2.45) is 11.1 Å². The quantitative estimate of drug-likeness (QED) is 0.854. The summed E-state index contributed by atoms with van der Waals surface area (Å²) >= 11 is 0. The molecule has 19 heavy (non-hydrogen) atoms. The molecule has 0 spiro atoms. The van der Waals surface area contributed by atoms with E-state index in [9.17, 15) is 4.79 Å². The van der Waals surface area contributed by atoms with Gasteiger partial charge in [0, 0.05) is 25.5 Å². The van der Waals surface area contributed by atoms with Gasteiger partial charge >= 0.3 is 0 Å². The fourth-order valence-corrected chi connectivity index (χ4v) is 1.93. The van der Waals surface area contributed by atoms with Gasteiger partial charge in [0.2, 0.25) is 5.91 Å². The second-order valence-corrected chi connectivity index (χ2v) is 5.64. The third-order valence-electron chi connectivity index (χ3n) is 3.26. The molecule has 0 aromatic carbocycles. The normalized spacial score (nSPS) is 15.9. The lowest BCUT2D eigenvalue weighted by Crippen LogP contribution is -2.52. The Bertz CT molecular complexity index is 428. The summed E-state index contributed by atoms with van der Waals surface area (Å²) in [7, 11) is 0. The van der Waals surface area contributed by atoms with Gasteiger partial charge in [-0.1, -0.05) is 20.8 Å². The van der Waals surface area contributed by atoms with Crippen LogP contribution in [0.25, 0.3) is 0 Å². The molecule has 1 aliphatic rings. The summed E-state index contributed by atoms with van der Waals surface area (Å²) in [5.74, 6) is 0.956. The zero-order chi connectivity index (χ0) is 12.6. The first kappa shape index (κ1) is 18.2. The minimum atomic E-state index is -0.455. The van der Waals surface area contributed by atoms with Crippen molar-refractivity contribution < 1.29 is 4.79 Å². The van der Waals surface area contributed by atoms with Crippen molar-refractivity contribution in [3.05, 3.63) is 18.2 Å². The summed E-state index contributed by atoms with van der Waals surface area (Å²) in [6.07, 6.45) is 3.72. The third kappa shape index (κ3) is 3.84. The van der Waals surface area contributed by atoms with E-state index in [1.165, 1.54) is 0 Å². The molecule has 5 nitrogen and oxygen atoms in total. The number of hydrogen-bond donors (Lipinski definition) is 1. The van der Waals surface area contributed by atoms with E-state index in [1.807, 2.05) is 27.0 Å². The Kier molecular flexibility index (Phi) is 6.32. The Morgan fingerprint density at radius 1 is 1.37 bits per heavy atom. The maximum absolute atomic E-state index is 12.2. The summed E-state index contributed by atoms with van der Waals surface area (Å²) in [5, 5.41) is 0. The third-order valence-corrected chi connectivity index (χ3v) is 3.26. The number of carbonyl (C=O) groups is 1. The van der Waals surface area contributed by atoms with Gasteiger partial charge in [0.25, 0.3) is 0 Å². The van der Waals surface area contributed by atoms with E-state index in [0.29, 0.717) is 13.1 Å². The Morgan fingerprint density at radius 2 is 2.00 bits per heavy atom. The monoisotopic (exact) mass is 308 g/mol. The van der Waals surface area contributed by atoms with Gasteiger partial charge in [-0.15, -0.1) is 24.8 Å². The van der Waals surface area contributed by atoms with Crippen LogP contribution >= 0.6 is 24.8 Å². The molecule has 1 atom stereocenters. The van der Waals surface area contributed by atoms with E-state index in [1.54, 1.807) is 11.1 Å². The Labute approximate surface area is 126 Å². The Morgan fingerprint density at radius 3 is 2.58 bits per heavy atom. The van der Waals surface area contributed by atoms with Gasteiger partial charge in [0.05, 0.1) is 12.6 Å². The fraction of sp³-hybridized carbons (Fsp3) is 0.667. The second kappa shape index (κ2) is 6.59. The average molecular weight is 309 g/mol. The van der Waals surface area contributed by atoms with Crippen molar-refractivity contribution in [3.63, 3.8) is 0 Å². The Hall–Kier alpha value is -0.780. The fourth-order valence-electron chi connectivity index (χ4n) is 1.93. The van der Waals surface area contributed by atoms with Gasteiger partial charge in [-0.25, -0.2) is 4.98 Å². The minimum Gasteiger partial charge on any atom is -0.332 e. The predicted octanol–water partition coefficient (Wildman–Crippen LogP) is 1.44. The average Bonchev–Trinajstić information content (AvgIpc) is 2.72. The number of nitrogens with two attached hydrogens (primary N) is 1. The van der Waals surface area contributed by atoms with Crippen LogP contribution in [0, 0.1) is 5.41 Å². The topological polar surface area (TPSA) is 64.2 Å². The molecule has 0 saturated carbocycles. The molecule has 1 aliphatic heterocycles. The largest absolute Gasteiger partial charge is 0.332 e. The highest BCUT2D eigenvalue weighted by molar-refractivity contribution is 5.85. The number of nitrogens with zero attached hydrogens (tertiary/aromatic N) is 3. The van der Waals surface area contributed by atoms with E-state index in [0.717, 1.165) is 12.4 Å². The first-order valence-electron chi connectivity index (χ1n) is 5.94.